The Morgan fingerprint density at radius 1 is 0.875 bits per heavy atom. The Bertz CT molecular complexity index is 495. The summed E-state index contributed by atoms with van der Waals surface area (Å²) in [5, 5.41) is 0. The fourth-order valence-electron chi connectivity index (χ4n) is 1.54. The number of hydrogen-bond donors (Lipinski definition) is 0. The molecule has 0 spiro atoms. The van der Waals surface area contributed by atoms with Crippen molar-refractivity contribution < 1.29 is 0 Å². The van der Waals surface area contributed by atoms with Gasteiger partial charge in [0.1, 0.15) is 0 Å². The highest BCUT2D eigenvalue weighted by Gasteiger charge is 1.89. The van der Waals surface area contributed by atoms with Crippen molar-refractivity contribution in [3.63, 3.8) is 0 Å². The van der Waals surface area contributed by atoms with Crippen LogP contribution in [0.25, 0.3) is 12.2 Å². The van der Waals surface area contributed by atoms with Crippen molar-refractivity contribution in [1.82, 2.24) is 0 Å². The van der Waals surface area contributed by atoms with Crippen LogP contribution in [0.2, 0.25) is 0 Å². The van der Waals surface area contributed by atoms with Gasteiger partial charge in [-0.3, -0.25) is 0 Å². The SMILES string of the molecule is Cc1cccc(C=Cc2ccc(Br)cc2)c1. The van der Waals surface area contributed by atoms with E-state index in [1.54, 1.807) is 0 Å². The van der Waals surface area contributed by atoms with Gasteiger partial charge >= 0.3 is 0 Å². The molecule has 0 aliphatic rings. The molecular formula is C15H13Br. The van der Waals surface area contributed by atoms with Gasteiger partial charge in [-0.2, -0.15) is 0 Å². The summed E-state index contributed by atoms with van der Waals surface area (Å²) in [6.07, 6.45) is 4.26. The summed E-state index contributed by atoms with van der Waals surface area (Å²) in [7, 11) is 0. The highest BCUT2D eigenvalue weighted by molar-refractivity contribution is 9.10. The number of hydrogen-bond acceptors (Lipinski definition) is 0. The summed E-state index contributed by atoms with van der Waals surface area (Å²) < 4.78 is 1.11. The largest absolute Gasteiger partial charge is 0.0614 e. The lowest BCUT2D eigenvalue weighted by Crippen LogP contribution is -1.75. The zero-order valence-electron chi connectivity index (χ0n) is 9.15. The molecule has 0 aliphatic carbocycles. The van der Waals surface area contributed by atoms with Crippen molar-refractivity contribution in [2.75, 3.05) is 0 Å². The molecule has 0 aromatic heterocycles. The second kappa shape index (κ2) is 5.13. The van der Waals surface area contributed by atoms with Crippen molar-refractivity contribution >= 4 is 28.1 Å². The maximum Gasteiger partial charge on any atom is 0.0175 e. The Hall–Kier alpha value is -1.34. The molecule has 0 N–H and O–H groups in total. The Labute approximate surface area is 105 Å². The van der Waals surface area contributed by atoms with Gasteiger partial charge in [-0.25, -0.2) is 0 Å². The first-order valence-corrected chi connectivity index (χ1v) is 6.04. The molecule has 0 aliphatic heterocycles. The van der Waals surface area contributed by atoms with E-state index in [2.05, 4.69) is 83.5 Å². The highest BCUT2D eigenvalue weighted by atomic mass is 79.9. The molecule has 0 unspecified atom stereocenters. The van der Waals surface area contributed by atoms with Gasteiger partial charge in [0.15, 0.2) is 0 Å². The molecule has 2 rings (SSSR count). The monoisotopic (exact) mass is 272 g/mol. The van der Waals surface area contributed by atoms with Crippen LogP contribution in [0, 0.1) is 6.92 Å². The third-order valence-corrected chi connectivity index (χ3v) is 2.91. The van der Waals surface area contributed by atoms with E-state index >= 15 is 0 Å². The Balaban J connectivity index is 2.18. The summed E-state index contributed by atoms with van der Waals surface area (Å²) >= 11 is 3.43. The van der Waals surface area contributed by atoms with Crippen molar-refractivity contribution in [1.29, 1.82) is 0 Å². The molecule has 2 aromatic carbocycles. The molecule has 0 amide bonds. The molecule has 0 fully saturated rings. The first-order valence-electron chi connectivity index (χ1n) is 5.24. The van der Waals surface area contributed by atoms with Crippen molar-refractivity contribution in [3.8, 4) is 0 Å². The smallest absolute Gasteiger partial charge is 0.0175 e. The summed E-state index contributed by atoms with van der Waals surface area (Å²) in [4.78, 5) is 0. The molecule has 0 saturated heterocycles. The molecule has 0 nitrogen and oxygen atoms in total. The van der Waals surface area contributed by atoms with E-state index in [1.807, 2.05) is 0 Å². The Kier molecular flexibility index (Phi) is 3.58. The number of aryl methyl sites for hydroxylation is 1. The zero-order valence-corrected chi connectivity index (χ0v) is 10.7. The number of halogens is 1. The highest BCUT2D eigenvalue weighted by Crippen LogP contribution is 2.13. The Morgan fingerprint density at radius 3 is 2.25 bits per heavy atom. The molecular weight excluding hydrogens is 260 g/mol. The van der Waals surface area contributed by atoms with E-state index in [0.717, 1.165) is 4.47 Å². The van der Waals surface area contributed by atoms with E-state index in [0.29, 0.717) is 0 Å². The van der Waals surface area contributed by atoms with Gasteiger partial charge in [-0.05, 0) is 30.2 Å². The maximum atomic E-state index is 3.43. The normalized spacial score (nSPS) is 10.9. The first-order chi connectivity index (χ1) is 7.74. The van der Waals surface area contributed by atoms with Crippen molar-refractivity contribution in [3.05, 3.63) is 69.7 Å². The van der Waals surface area contributed by atoms with Crippen LogP contribution in [0.1, 0.15) is 16.7 Å². The van der Waals surface area contributed by atoms with Gasteiger partial charge in [-0.15, -0.1) is 0 Å². The molecule has 1 heteroatoms. The summed E-state index contributed by atoms with van der Waals surface area (Å²) in [5.41, 5.74) is 3.74. The Morgan fingerprint density at radius 2 is 1.56 bits per heavy atom. The minimum Gasteiger partial charge on any atom is -0.0614 e. The molecule has 0 radical (unpaired) electrons. The minimum absolute atomic E-state index is 1.11. The van der Waals surface area contributed by atoms with Crippen LogP contribution in [-0.2, 0) is 0 Å². The molecule has 80 valence electrons. The lowest BCUT2D eigenvalue weighted by atomic mass is 10.1. The summed E-state index contributed by atoms with van der Waals surface area (Å²) in [5.74, 6) is 0. The minimum atomic E-state index is 1.11. The van der Waals surface area contributed by atoms with Crippen LogP contribution < -0.4 is 0 Å². The predicted molar refractivity (Wildman–Crippen MR) is 74.2 cm³/mol. The van der Waals surface area contributed by atoms with Crippen molar-refractivity contribution in [2.24, 2.45) is 0 Å². The second-order valence-electron chi connectivity index (χ2n) is 3.80. The molecule has 0 heterocycles. The molecule has 2 aromatic rings. The number of benzene rings is 2. The molecule has 0 atom stereocenters. The maximum absolute atomic E-state index is 3.43. The van der Waals surface area contributed by atoms with E-state index in [9.17, 15) is 0 Å². The van der Waals surface area contributed by atoms with Gasteiger partial charge in [0, 0.05) is 4.47 Å². The fourth-order valence-corrected chi connectivity index (χ4v) is 1.80. The lowest BCUT2D eigenvalue weighted by Gasteiger charge is -1.96. The second-order valence-corrected chi connectivity index (χ2v) is 4.71. The average molecular weight is 273 g/mol. The average Bonchev–Trinajstić information content (AvgIpc) is 2.28. The zero-order chi connectivity index (χ0) is 11.4. The van der Waals surface area contributed by atoms with E-state index in [-0.39, 0.29) is 0 Å². The van der Waals surface area contributed by atoms with Gasteiger partial charge in [0.05, 0.1) is 0 Å². The van der Waals surface area contributed by atoms with Crippen LogP contribution in [0.3, 0.4) is 0 Å². The summed E-state index contributed by atoms with van der Waals surface area (Å²) in [6.45, 7) is 2.11. The standard InChI is InChI=1S/C15H13Br/c1-12-3-2-4-14(11-12)6-5-13-7-9-15(16)10-8-13/h2-11H,1H3. The predicted octanol–water partition coefficient (Wildman–Crippen LogP) is 4.93. The number of rotatable bonds is 2. The fraction of sp³-hybridized carbons (Fsp3) is 0.0667. The molecule has 16 heavy (non-hydrogen) atoms. The van der Waals surface area contributed by atoms with Gasteiger partial charge < -0.3 is 0 Å². The van der Waals surface area contributed by atoms with E-state index in [1.165, 1.54) is 16.7 Å². The quantitative estimate of drug-likeness (QED) is 0.681. The lowest BCUT2D eigenvalue weighted by molar-refractivity contribution is 1.46. The van der Waals surface area contributed by atoms with Crippen molar-refractivity contribution in [2.45, 2.75) is 6.92 Å². The molecule has 0 bridgehead atoms. The van der Waals surface area contributed by atoms with Crippen LogP contribution in [-0.4, -0.2) is 0 Å². The van der Waals surface area contributed by atoms with E-state index < -0.39 is 0 Å². The first kappa shape index (κ1) is 11.2. The van der Waals surface area contributed by atoms with Crippen LogP contribution in [0.5, 0.6) is 0 Å². The van der Waals surface area contributed by atoms with Crippen LogP contribution in [0.15, 0.2) is 53.0 Å². The van der Waals surface area contributed by atoms with Gasteiger partial charge in [0.25, 0.3) is 0 Å². The summed E-state index contributed by atoms with van der Waals surface area (Å²) in [6, 6.07) is 16.8. The van der Waals surface area contributed by atoms with Crippen LogP contribution >= 0.6 is 15.9 Å². The van der Waals surface area contributed by atoms with Gasteiger partial charge in [-0.1, -0.05) is 70.0 Å². The third-order valence-electron chi connectivity index (χ3n) is 2.38. The topological polar surface area (TPSA) is 0 Å². The van der Waals surface area contributed by atoms with Gasteiger partial charge in [0.2, 0.25) is 0 Å². The third kappa shape index (κ3) is 3.07. The van der Waals surface area contributed by atoms with E-state index in [4.69, 9.17) is 0 Å². The molecule has 0 saturated carbocycles. The van der Waals surface area contributed by atoms with Crippen LogP contribution in [0.4, 0.5) is 0 Å².